The zero-order chi connectivity index (χ0) is 13.0. The summed E-state index contributed by atoms with van der Waals surface area (Å²) < 4.78 is 4.68. The summed E-state index contributed by atoms with van der Waals surface area (Å²) in [6.07, 6.45) is -0.888. The van der Waals surface area contributed by atoms with Crippen LogP contribution in [0.1, 0.15) is 6.42 Å². The highest BCUT2D eigenvalue weighted by atomic mass is 16.5. The summed E-state index contributed by atoms with van der Waals surface area (Å²) in [4.78, 5) is 35.0. The van der Waals surface area contributed by atoms with Crippen LogP contribution in [0.2, 0.25) is 0 Å². The van der Waals surface area contributed by atoms with Crippen LogP contribution in [0.25, 0.3) is 0 Å². The van der Waals surface area contributed by atoms with Crippen molar-refractivity contribution in [1.29, 1.82) is 0 Å². The summed E-state index contributed by atoms with van der Waals surface area (Å²) >= 11 is 0. The molecule has 1 heterocycles. The Bertz CT molecular complexity index is 331. The van der Waals surface area contributed by atoms with E-state index in [2.05, 4.69) is 10.1 Å². The maximum Gasteiger partial charge on any atom is 0.334 e. The van der Waals surface area contributed by atoms with Gasteiger partial charge in [-0.25, -0.2) is 4.79 Å². The van der Waals surface area contributed by atoms with Crippen LogP contribution in [0.3, 0.4) is 0 Å². The van der Waals surface area contributed by atoms with E-state index in [1.807, 2.05) is 0 Å². The molecule has 2 atom stereocenters. The van der Waals surface area contributed by atoms with Crippen molar-refractivity contribution in [1.82, 2.24) is 10.2 Å². The number of likely N-dealkylation sites (tertiary alicyclic amines) is 1. The number of methoxy groups -OCH3 is 1. The van der Waals surface area contributed by atoms with Crippen molar-refractivity contribution in [2.24, 2.45) is 5.92 Å². The van der Waals surface area contributed by atoms with Crippen molar-refractivity contribution in [2.75, 3.05) is 27.2 Å². The second kappa shape index (κ2) is 5.62. The minimum absolute atomic E-state index is 0.0772. The first-order valence-electron chi connectivity index (χ1n) is 5.23. The molecule has 0 saturated carbocycles. The SMILES string of the molecule is COC(CNC(=O)C1CC(=O)N(C)C1)C(=O)O. The van der Waals surface area contributed by atoms with Gasteiger partial charge in [0.25, 0.3) is 0 Å². The predicted molar refractivity (Wildman–Crippen MR) is 57.2 cm³/mol. The van der Waals surface area contributed by atoms with E-state index in [9.17, 15) is 14.4 Å². The molecule has 1 aliphatic rings. The van der Waals surface area contributed by atoms with Gasteiger partial charge in [0.05, 0.1) is 12.5 Å². The standard InChI is InChI=1S/C10H16N2O5/c1-12-5-6(3-8(12)13)9(14)11-4-7(17-2)10(15)16/h6-7H,3-5H2,1-2H3,(H,11,14)(H,15,16). The molecule has 7 heteroatoms. The Balaban J connectivity index is 2.40. The number of ether oxygens (including phenoxy) is 1. The normalized spacial score (nSPS) is 21.4. The average molecular weight is 244 g/mol. The number of rotatable bonds is 5. The topological polar surface area (TPSA) is 95.9 Å². The van der Waals surface area contributed by atoms with Crippen molar-refractivity contribution < 1.29 is 24.2 Å². The molecule has 2 amide bonds. The monoisotopic (exact) mass is 244 g/mol. The Morgan fingerprint density at radius 1 is 1.65 bits per heavy atom. The maximum atomic E-state index is 11.6. The lowest BCUT2D eigenvalue weighted by molar-refractivity contribution is -0.148. The fraction of sp³-hybridized carbons (Fsp3) is 0.700. The summed E-state index contributed by atoms with van der Waals surface area (Å²) in [5, 5.41) is 11.2. The van der Waals surface area contributed by atoms with Gasteiger partial charge in [-0.2, -0.15) is 0 Å². The quantitative estimate of drug-likeness (QED) is 0.625. The number of nitrogens with zero attached hydrogens (tertiary/aromatic N) is 1. The van der Waals surface area contributed by atoms with Gasteiger partial charge < -0.3 is 20.1 Å². The van der Waals surface area contributed by atoms with Crippen LogP contribution in [0, 0.1) is 5.92 Å². The summed E-state index contributed by atoms with van der Waals surface area (Å²) in [7, 11) is 2.89. The summed E-state index contributed by atoms with van der Waals surface area (Å²) in [6.45, 7) is 0.272. The molecule has 0 spiro atoms. The van der Waals surface area contributed by atoms with Crippen molar-refractivity contribution in [3.8, 4) is 0 Å². The summed E-state index contributed by atoms with van der Waals surface area (Å²) in [5.74, 6) is -1.93. The molecule has 0 bridgehead atoms. The van der Waals surface area contributed by atoms with E-state index in [1.165, 1.54) is 12.0 Å². The number of carboxylic acid groups (broad SMARTS) is 1. The van der Waals surface area contributed by atoms with Crippen molar-refractivity contribution in [2.45, 2.75) is 12.5 Å². The maximum absolute atomic E-state index is 11.6. The minimum Gasteiger partial charge on any atom is -0.479 e. The molecule has 0 aliphatic carbocycles. The number of hydrogen-bond donors (Lipinski definition) is 2. The zero-order valence-electron chi connectivity index (χ0n) is 9.80. The summed E-state index contributed by atoms with van der Waals surface area (Å²) in [6, 6.07) is 0. The molecule has 1 rings (SSSR count). The third kappa shape index (κ3) is 3.42. The first-order chi connectivity index (χ1) is 7.95. The highest BCUT2D eigenvalue weighted by Gasteiger charge is 2.32. The van der Waals surface area contributed by atoms with Gasteiger partial charge in [-0.1, -0.05) is 0 Å². The first-order valence-corrected chi connectivity index (χ1v) is 5.23. The lowest BCUT2D eigenvalue weighted by Gasteiger charge is -2.14. The molecule has 2 unspecified atom stereocenters. The molecule has 0 aromatic carbocycles. The molecule has 0 aromatic rings. The number of hydrogen-bond acceptors (Lipinski definition) is 4. The third-order valence-electron chi connectivity index (χ3n) is 2.73. The number of nitrogens with one attached hydrogen (secondary N) is 1. The third-order valence-corrected chi connectivity index (χ3v) is 2.73. The Morgan fingerprint density at radius 2 is 2.29 bits per heavy atom. The fourth-order valence-corrected chi connectivity index (χ4v) is 1.65. The van der Waals surface area contributed by atoms with Crippen molar-refractivity contribution >= 4 is 17.8 Å². The molecule has 1 saturated heterocycles. The number of carbonyl (C=O) groups excluding carboxylic acids is 2. The number of carboxylic acids is 1. The van der Waals surface area contributed by atoms with Crippen LogP contribution in [-0.2, 0) is 19.1 Å². The summed E-state index contributed by atoms with van der Waals surface area (Å²) in [5.41, 5.74) is 0. The second-order valence-electron chi connectivity index (χ2n) is 3.98. The lowest BCUT2D eigenvalue weighted by atomic mass is 10.1. The fourth-order valence-electron chi connectivity index (χ4n) is 1.65. The Hall–Kier alpha value is -1.63. The Kier molecular flexibility index (Phi) is 4.45. The van der Waals surface area contributed by atoms with Crippen molar-refractivity contribution in [3.05, 3.63) is 0 Å². The molecule has 2 N–H and O–H groups in total. The number of amides is 2. The smallest absolute Gasteiger partial charge is 0.334 e. The van der Waals surface area contributed by atoms with E-state index in [0.717, 1.165) is 0 Å². The molecular formula is C10H16N2O5. The molecule has 17 heavy (non-hydrogen) atoms. The van der Waals surface area contributed by atoms with E-state index in [1.54, 1.807) is 7.05 Å². The highest BCUT2D eigenvalue weighted by molar-refractivity contribution is 5.89. The molecule has 1 fully saturated rings. The van der Waals surface area contributed by atoms with Crippen LogP contribution < -0.4 is 5.32 Å². The van der Waals surface area contributed by atoms with Gasteiger partial charge in [0.2, 0.25) is 11.8 Å². The minimum atomic E-state index is -1.13. The van der Waals surface area contributed by atoms with Crippen LogP contribution >= 0.6 is 0 Å². The Morgan fingerprint density at radius 3 is 2.71 bits per heavy atom. The molecule has 7 nitrogen and oxygen atoms in total. The van der Waals surface area contributed by atoms with Crippen LogP contribution in [0.4, 0.5) is 0 Å². The molecule has 1 aliphatic heterocycles. The van der Waals surface area contributed by atoms with Gasteiger partial charge in [0.1, 0.15) is 0 Å². The van der Waals surface area contributed by atoms with E-state index in [0.29, 0.717) is 6.54 Å². The first kappa shape index (κ1) is 13.4. The van der Waals surface area contributed by atoms with E-state index in [-0.39, 0.29) is 24.8 Å². The molecule has 0 aromatic heterocycles. The van der Waals surface area contributed by atoms with E-state index >= 15 is 0 Å². The van der Waals surface area contributed by atoms with Crippen molar-refractivity contribution in [3.63, 3.8) is 0 Å². The largest absolute Gasteiger partial charge is 0.479 e. The van der Waals surface area contributed by atoms with Gasteiger partial charge in [-0.15, -0.1) is 0 Å². The number of carbonyl (C=O) groups is 3. The van der Waals surface area contributed by atoms with Crippen LogP contribution in [0.5, 0.6) is 0 Å². The number of aliphatic carboxylic acids is 1. The average Bonchev–Trinajstić information content (AvgIpc) is 2.59. The highest BCUT2D eigenvalue weighted by Crippen LogP contribution is 2.15. The molecule has 0 radical (unpaired) electrons. The van der Waals surface area contributed by atoms with Gasteiger partial charge in [-0.05, 0) is 0 Å². The van der Waals surface area contributed by atoms with Gasteiger partial charge in [0.15, 0.2) is 6.10 Å². The van der Waals surface area contributed by atoms with E-state index < -0.39 is 18.0 Å². The van der Waals surface area contributed by atoms with Gasteiger partial charge in [-0.3, -0.25) is 9.59 Å². The van der Waals surface area contributed by atoms with Crippen LogP contribution in [-0.4, -0.2) is 61.1 Å². The molecule has 96 valence electrons. The Labute approximate surface area is 98.7 Å². The van der Waals surface area contributed by atoms with Crippen LogP contribution in [0.15, 0.2) is 0 Å². The molecular weight excluding hydrogens is 228 g/mol. The predicted octanol–water partition coefficient (Wildman–Crippen LogP) is -1.32. The van der Waals surface area contributed by atoms with Gasteiger partial charge in [0, 0.05) is 27.1 Å². The van der Waals surface area contributed by atoms with Gasteiger partial charge >= 0.3 is 5.97 Å². The van der Waals surface area contributed by atoms with E-state index in [4.69, 9.17) is 5.11 Å². The zero-order valence-corrected chi connectivity index (χ0v) is 9.80. The second-order valence-corrected chi connectivity index (χ2v) is 3.98. The lowest BCUT2D eigenvalue weighted by Crippen LogP contribution is -2.40.